The van der Waals surface area contributed by atoms with E-state index in [0.717, 1.165) is 0 Å². The molecule has 1 N–H and O–H groups in total. The summed E-state index contributed by atoms with van der Waals surface area (Å²) in [5, 5.41) is 13.5. The van der Waals surface area contributed by atoms with Crippen molar-refractivity contribution >= 4 is 23.3 Å². The van der Waals surface area contributed by atoms with Crippen LogP contribution >= 0.6 is 0 Å². The van der Waals surface area contributed by atoms with Gasteiger partial charge in [-0.15, -0.1) is 0 Å². The third-order valence-electron chi connectivity index (χ3n) is 4.30. The van der Waals surface area contributed by atoms with Gasteiger partial charge in [0, 0.05) is 6.07 Å². The monoisotopic (exact) mass is 436 g/mol. The standard InChI is InChI=1S/C23H20N2O7/c1-16-20(8-5-9-21(16)25(28)29)24-22(26)14-31-23(27)15-30-17-10-12-19(13-11-17)32-18-6-3-2-4-7-18/h2-13H,14-15H2,1H3,(H,24,26). The van der Waals surface area contributed by atoms with Gasteiger partial charge in [-0.3, -0.25) is 14.9 Å². The molecule has 0 aliphatic carbocycles. The molecule has 9 nitrogen and oxygen atoms in total. The van der Waals surface area contributed by atoms with Crippen LogP contribution in [0.4, 0.5) is 11.4 Å². The van der Waals surface area contributed by atoms with Crippen molar-refractivity contribution in [2.75, 3.05) is 18.5 Å². The van der Waals surface area contributed by atoms with E-state index >= 15 is 0 Å². The third kappa shape index (κ3) is 6.30. The number of carbonyl (C=O) groups excluding carboxylic acids is 2. The summed E-state index contributed by atoms with van der Waals surface area (Å²) in [6.45, 7) is 0.583. The lowest BCUT2D eigenvalue weighted by atomic mass is 10.1. The van der Waals surface area contributed by atoms with E-state index in [9.17, 15) is 19.7 Å². The van der Waals surface area contributed by atoms with Crippen LogP contribution in [0, 0.1) is 17.0 Å². The van der Waals surface area contributed by atoms with Gasteiger partial charge in [-0.05, 0) is 49.4 Å². The molecule has 0 saturated carbocycles. The molecule has 3 aromatic carbocycles. The zero-order valence-electron chi connectivity index (χ0n) is 17.1. The van der Waals surface area contributed by atoms with E-state index in [4.69, 9.17) is 14.2 Å². The highest BCUT2D eigenvalue weighted by Gasteiger charge is 2.15. The molecule has 0 radical (unpaired) electrons. The maximum absolute atomic E-state index is 12.0. The minimum atomic E-state index is -0.736. The molecule has 0 atom stereocenters. The molecule has 0 bridgehead atoms. The highest BCUT2D eigenvalue weighted by Crippen LogP contribution is 2.25. The lowest BCUT2D eigenvalue weighted by Crippen LogP contribution is -2.24. The summed E-state index contributed by atoms with van der Waals surface area (Å²) in [5.41, 5.74) is 0.461. The van der Waals surface area contributed by atoms with Crippen LogP contribution in [0.25, 0.3) is 0 Å². The van der Waals surface area contributed by atoms with Crippen molar-refractivity contribution in [1.29, 1.82) is 0 Å². The number of nitro benzene ring substituents is 1. The van der Waals surface area contributed by atoms with Gasteiger partial charge < -0.3 is 19.5 Å². The molecule has 32 heavy (non-hydrogen) atoms. The van der Waals surface area contributed by atoms with E-state index in [-0.39, 0.29) is 18.0 Å². The molecular formula is C23H20N2O7. The summed E-state index contributed by atoms with van der Waals surface area (Å²) in [7, 11) is 0. The molecule has 3 aromatic rings. The van der Waals surface area contributed by atoms with Crippen molar-refractivity contribution in [3.05, 3.63) is 88.5 Å². The van der Waals surface area contributed by atoms with Gasteiger partial charge in [-0.25, -0.2) is 4.79 Å². The first-order chi connectivity index (χ1) is 15.4. The second-order valence-corrected chi connectivity index (χ2v) is 6.59. The smallest absolute Gasteiger partial charge is 0.344 e. The Balaban J connectivity index is 1.43. The first-order valence-corrected chi connectivity index (χ1v) is 9.57. The van der Waals surface area contributed by atoms with Crippen molar-refractivity contribution in [3.8, 4) is 17.2 Å². The average molecular weight is 436 g/mol. The van der Waals surface area contributed by atoms with Crippen molar-refractivity contribution in [2.45, 2.75) is 6.92 Å². The van der Waals surface area contributed by atoms with Crippen LogP contribution in [0.5, 0.6) is 17.2 Å². The SMILES string of the molecule is Cc1c(NC(=O)COC(=O)COc2ccc(Oc3ccccc3)cc2)cccc1[N+](=O)[O-]. The highest BCUT2D eigenvalue weighted by atomic mass is 16.6. The fraction of sp³-hybridized carbons (Fsp3) is 0.130. The molecule has 164 valence electrons. The van der Waals surface area contributed by atoms with Crippen LogP contribution in [-0.4, -0.2) is 30.0 Å². The number of nitrogens with one attached hydrogen (secondary N) is 1. The molecule has 0 spiro atoms. The zero-order valence-corrected chi connectivity index (χ0v) is 17.1. The molecule has 1 amide bonds. The Hall–Kier alpha value is -4.40. The molecule has 3 rings (SSSR count). The number of hydrogen-bond donors (Lipinski definition) is 1. The van der Waals surface area contributed by atoms with Crippen LogP contribution < -0.4 is 14.8 Å². The molecular weight excluding hydrogens is 416 g/mol. The number of rotatable bonds is 9. The normalized spacial score (nSPS) is 10.2. The van der Waals surface area contributed by atoms with Gasteiger partial charge in [0.25, 0.3) is 11.6 Å². The molecule has 9 heteroatoms. The summed E-state index contributed by atoms with van der Waals surface area (Å²) in [6.07, 6.45) is 0. The van der Waals surface area contributed by atoms with Crippen molar-refractivity contribution in [2.24, 2.45) is 0 Å². The van der Waals surface area contributed by atoms with E-state index in [1.165, 1.54) is 25.1 Å². The lowest BCUT2D eigenvalue weighted by Gasteiger charge is -2.10. The summed E-state index contributed by atoms with van der Waals surface area (Å²) in [6, 6.07) is 20.3. The van der Waals surface area contributed by atoms with Crippen molar-refractivity contribution < 1.29 is 28.7 Å². The highest BCUT2D eigenvalue weighted by molar-refractivity contribution is 5.94. The third-order valence-corrected chi connectivity index (χ3v) is 4.30. The minimum absolute atomic E-state index is 0.117. The van der Waals surface area contributed by atoms with Crippen LogP contribution in [0.3, 0.4) is 0 Å². The summed E-state index contributed by atoms with van der Waals surface area (Å²) >= 11 is 0. The van der Waals surface area contributed by atoms with Gasteiger partial charge >= 0.3 is 5.97 Å². The van der Waals surface area contributed by atoms with E-state index in [2.05, 4.69) is 5.32 Å². The molecule has 0 unspecified atom stereocenters. The van der Waals surface area contributed by atoms with E-state index in [0.29, 0.717) is 22.8 Å². The van der Waals surface area contributed by atoms with Gasteiger partial charge in [-0.1, -0.05) is 24.3 Å². The predicted molar refractivity (Wildman–Crippen MR) is 116 cm³/mol. The minimum Gasteiger partial charge on any atom is -0.482 e. The second kappa shape index (κ2) is 10.6. The molecule has 0 heterocycles. The van der Waals surface area contributed by atoms with E-state index < -0.39 is 23.4 Å². The Morgan fingerprint density at radius 2 is 1.53 bits per heavy atom. The fourth-order valence-corrected chi connectivity index (χ4v) is 2.70. The van der Waals surface area contributed by atoms with E-state index in [1.54, 1.807) is 24.3 Å². The number of para-hydroxylation sites is 1. The number of amides is 1. The fourth-order valence-electron chi connectivity index (χ4n) is 2.70. The maximum Gasteiger partial charge on any atom is 0.344 e. The number of carbonyl (C=O) groups is 2. The molecule has 0 aliphatic heterocycles. The summed E-state index contributed by atoms with van der Waals surface area (Å²) in [4.78, 5) is 34.3. The Labute approximate surface area is 183 Å². The zero-order chi connectivity index (χ0) is 22.9. The number of hydrogen-bond acceptors (Lipinski definition) is 7. The molecule has 0 fully saturated rings. The van der Waals surface area contributed by atoms with Gasteiger partial charge in [0.15, 0.2) is 13.2 Å². The predicted octanol–water partition coefficient (Wildman–Crippen LogP) is 4.26. The van der Waals surface area contributed by atoms with Gasteiger partial charge in [0.2, 0.25) is 0 Å². The first kappa shape index (κ1) is 22.3. The first-order valence-electron chi connectivity index (χ1n) is 9.57. The number of benzene rings is 3. The average Bonchev–Trinajstić information content (AvgIpc) is 2.79. The Kier molecular flexibility index (Phi) is 7.37. The van der Waals surface area contributed by atoms with Crippen molar-refractivity contribution in [3.63, 3.8) is 0 Å². The van der Waals surface area contributed by atoms with Crippen LogP contribution in [0.2, 0.25) is 0 Å². The lowest BCUT2D eigenvalue weighted by molar-refractivity contribution is -0.385. The van der Waals surface area contributed by atoms with Gasteiger partial charge in [0.1, 0.15) is 17.2 Å². The quantitative estimate of drug-likeness (QED) is 0.303. The number of nitro groups is 1. The van der Waals surface area contributed by atoms with E-state index in [1.807, 2.05) is 30.3 Å². The molecule has 0 aromatic heterocycles. The number of esters is 1. The number of ether oxygens (including phenoxy) is 3. The van der Waals surface area contributed by atoms with Crippen LogP contribution in [0.1, 0.15) is 5.56 Å². The Morgan fingerprint density at radius 1 is 0.875 bits per heavy atom. The number of anilines is 1. The molecule has 0 aliphatic rings. The number of nitrogens with zero attached hydrogens (tertiary/aromatic N) is 1. The van der Waals surface area contributed by atoms with Crippen LogP contribution in [-0.2, 0) is 14.3 Å². The van der Waals surface area contributed by atoms with Gasteiger partial charge in [-0.2, -0.15) is 0 Å². The molecule has 0 saturated heterocycles. The second-order valence-electron chi connectivity index (χ2n) is 6.59. The van der Waals surface area contributed by atoms with Crippen LogP contribution in [0.15, 0.2) is 72.8 Å². The largest absolute Gasteiger partial charge is 0.482 e. The summed E-state index contributed by atoms with van der Waals surface area (Å²) in [5.74, 6) is 0.381. The van der Waals surface area contributed by atoms with Crippen molar-refractivity contribution in [1.82, 2.24) is 0 Å². The topological polar surface area (TPSA) is 117 Å². The summed E-state index contributed by atoms with van der Waals surface area (Å²) < 4.78 is 15.9. The maximum atomic E-state index is 12.0. The Morgan fingerprint density at radius 3 is 2.22 bits per heavy atom. The van der Waals surface area contributed by atoms with Gasteiger partial charge in [0.05, 0.1) is 16.2 Å². The Bertz CT molecular complexity index is 1100.